The summed E-state index contributed by atoms with van der Waals surface area (Å²) in [7, 11) is 3.93. The number of rotatable bonds is 5. The van der Waals surface area contributed by atoms with Crippen LogP contribution >= 0.6 is 0 Å². The maximum Gasteiger partial charge on any atom is 0.231 e. The van der Waals surface area contributed by atoms with Crippen molar-refractivity contribution in [2.75, 3.05) is 29.6 Å². The second-order valence-electron chi connectivity index (χ2n) is 6.31. The first-order chi connectivity index (χ1) is 12.0. The highest BCUT2D eigenvalue weighted by atomic mass is 15.2. The Hall–Kier alpha value is -3.08. The Morgan fingerprint density at radius 2 is 1.52 bits per heavy atom. The topological polar surface area (TPSA) is 53.1 Å². The van der Waals surface area contributed by atoms with Gasteiger partial charge in [-0.1, -0.05) is 29.8 Å². The molecule has 0 aliphatic rings. The van der Waals surface area contributed by atoms with E-state index in [0.29, 0.717) is 5.95 Å². The molecule has 2 aromatic carbocycles. The molecule has 3 rings (SSSR count). The van der Waals surface area contributed by atoms with Crippen molar-refractivity contribution in [1.29, 1.82) is 0 Å². The third-order valence-corrected chi connectivity index (χ3v) is 3.77. The average Bonchev–Trinajstić information content (AvgIpc) is 2.57. The summed E-state index contributed by atoms with van der Waals surface area (Å²) >= 11 is 0. The fourth-order valence-corrected chi connectivity index (χ4v) is 2.42. The third kappa shape index (κ3) is 4.47. The Bertz CT molecular complexity index is 856. The molecule has 0 aliphatic heterocycles. The zero-order chi connectivity index (χ0) is 17.8. The van der Waals surface area contributed by atoms with Gasteiger partial charge in [0.05, 0.1) is 0 Å². The van der Waals surface area contributed by atoms with Crippen molar-refractivity contribution in [3.8, 4) is 0 Å². The van der Waals surface area contributed by atoms with Crippen molar-refractivity contribution in [2.45, 2.75) is 13.8 Å². The first-order valence-electron chi connectivity index (χ1n) is 8.23. The van der Waals surface area contributed by atoms with Crippen LogP contribution in [0, 0.1) is 13.8 Å². The summed E-state index contributed by atoms with van der Waals surface area (Å²) < 4.78 is 0. The Morgan fingerprint density at radius 1 is 0.760 bits per heavy atom. The average molecular weight is 333 g/mol. The summed E-state index contributed by atoms with van der Waals surface area (Å²) in [5.41, 5.74) is 4.38. The smallest absolute Gasteiger partial charge is 0.231 e. The Balaban J connectivity index is 1.90. The molecule has 0 amide bonds. The highest BCUT2D eigenvalue weighted by molar-refractivity contribution is 5.64. The van der Waals surface area contributed by atoms with Crippen LogP contribution < -0.4 is 15.5 Å². The van der Waals surface area contributed by atoms with Crippen LogP contribution in [-0.4, -0.2) is 24.1 Å². The number of aromatic nitrogens is 2. The zero-order valence-corrected chi connectivity index (χ0v) is 15.0. The number of nitrogens with one attached hydrogen (secondary N) is 2. The number of benzene rings is 2. The highest BCUT2D eigenvalue weighted by Crippen LogP contribution is 2.23. The van der Waals surface area contributed by atoms with Gasteiger partial charge in [-0.25, -0.2) is 0 Å². The Labute approximate surface area is 148 Å². The van der Waals surface area contributed by atoms with E-state index in [1.807, 2.05) is 49.3 Å². The van der Waals surface area contributed by atoms with Gasteiger partial charge in [0.2, 0.25) is 5.95 Å². The van der Waals surface area contributed by atoms with Crippen molar-refractivity contribution in [1.82, 2.24) is 9.97 Å². The van der Waals surface area contributed by atoms with Crippen molar-refractivity contribution in [3.05, 3.63) is 65.7 Å². The Morgan fingerprint density at radius 3 is 2.20 bits per heavy atom. The van der Waals surface area contributed by atoms with E-state index in [-0.39, 0.29) is 0 Å². The van der Waals surface area contributed by atoms with E-state index < -0.39 is 0 Å². The van der Waals surface area contributed by atoms with Crippen LogP contribution in [0.2, 0.25) is 0 Å². The van der Waals surface area contributed by atoms with Gasteiger partial charge in [-0.15, -0.1) is 0 Å². The molecule has 0 aliphatic carbocycles. The van der Waals surface area contributed by atoms with Gasteiger partial charge in [-0.3, -0.25) is 0 Å². The van der Waals surface area contributed by atoms with Crippen LogP contribution in [0.25, 0.3) is 0 Å². The molecule has 5 nitrogen and oxygen atoms in total. The molecular formula is C20H23N5. The van der Waals surface area contributed by atoms with Crippen molar-refractivity contribution in [3.63, 3.8) is 0 Å². The second-order valence-corrected chi connectivity index (χ2v) is 6.31. The molecule has 25 heavy (non-hydrogen) atoms. The summed E-state index contributed by atoms with van der Waals surface area (Å²) in [5, 5.41) is 6.63. The molecule has 0 atom stereocenters. The molecule has 1 heterocycles. The molecule has 0 saturated carbocycles. The van der Waals surface area contributed by atoms with E-state index in [2.05, 4.69) is 58.7 Å². The SMILES string of the molecule is Cc1ccc(Nc2nc(Nc3cccc(C)c3)cc(N(C)C)n2)cc1. The predicted molar refractivity (Wildman–Crippen MR) is 105 cm³/mol. The van der Waals surface area contributed by atoms with E-state index in [1.165, 1.54) is 11.1 Å². The van der Waals surface area contributed by atoms with E-state index >= 15 is 0 Å². The number of hydrogen-bond acceptors (Lipinski definition) is 5. The largest absolute Gasteiger partial charge is 0.363 e. The quantitative estimate of drug-likeness (QED) is 0.712. The van der Waals surface area contributed by atoms with E-state index in [4.69, 9.17) is 0 Å². The fourth-order valence-electron chi connectivity index (χ4n) is 2.42. The molecule has 0 unspecified atom stereocenters. The third-order valence-electron chi connectivity index (χ3n) is 3.77. The molecule has 0 bridgehead atoms. The molecule has 0 fully saturated rings. The summed E-state index contributed by atoms with van der Waals surface area (Å²) in [6.07, 6.45) is 0. The maximum absolute atomic E-state index is 4.60. The molecule has 2 N–H and O–H groups in total. The van der Waals surface area contributed by atoms with Gasteiger partial charge in [0.1, 0.15) is 11.6 Å². The molecule has 128 valence electrons. The van der Waals surface area contributed by atoms with Gasteiger partial charge in [0.25, 0.3) is 0 Å². The normalized spacial score (nSPS) is 10.4. The first kappa shape index (κ1) is 16.8. The lowest BCUT2D eigenvalue weighted by Gasteiger charge is -2.16. The summed E-state index contributed by atoms with van der Waals surface area (Å²) in [6, 6.07) is 18.3. The standard InChI is InChI=1S/C20H23N5/c1-14-8-10-16(11-9-14)22-20-23-18(13-19(24-20)25(3)4)21-17-7-5-6-15(2)12-17/h5-13H,1-4H3,(H2,21,22,23,24). The van der Waals surface area contributed by atoms with Gasteiger partial charge >= 0.3 is 0 Å². The number of aryl methyl sites for hydroxylation is 2. The molecule has 0 saturated heterocycles. The lowest BCUT2D eigenvalue weighted by atomic mass is 10.2. The number of hydrogen-bond donors (Lipinski definition) is 2. The molecule has 1 aromatic heterocycles. The van der Waals surface area contributed by atoms with Crippen molar-refractivity contribution in [2.24, 2.45) is 0 Å². The molecule has 5 heteroatoms. The van der Waals surface area contributed by atoms with Crippen LogP contribution in [0.4, 0.5) is 29.0 Å². The Kier molecular flexibility index (Phi) is 4.84. The molecule has 0 spiro atoms. The summed E-state index contributed by atoms with van der Waals surface area (Å²) in [5.74, 6) is 2.14. The van der Waals surface area contributed by atoms with Gasteiger partial charge in [-0.05, 0) is 43.7 Å². The van der Waals surface area contributed by atoms with Crippen LogP contribution in [0.3, 0.4) is 0 Å². The van der Waals surface area contributed by atoms with Crippen LogP contribution in [0.5, 0.6) is 0 Å². The zero-order valence-electron chi connectivity index (χ0n) is 15.0. The minimum Gasteiger partial charge on any atom is -0.363 e. The number of nitrogens with zero attached hydrogens (tertiary/aromatic N) is 3. The van der Waals surface area contributed by atoms with Crippen LogP contribution in [-0.2, 0) is 0 Å². The van der Waals surface area contributed by atoms with Crippen molar-refractivity contribution >= 4 is 29.0 Å². The highest BCUT2D eigenvalue weighted by Gasteiger charge is 2.07. The van der Waals surface area contributed by atoms with E-state index in [0.717, 1.165) is 23.0 Å². The van der Waals surface area contributed by atoms with Crippen molar-refractivity contribution < 1.29 is 0 Å². The predicted octanol–water partition coefficient (Wildman–Crippen LogP) is 4.65. The first-order valence-corrected chi connectivity index (χ1v) is 8.23. The summed E-state index contributed by atoms with van der Waals surface area (Å²) in [4.78, 5) is 11.1. The molecule has 0 radical (unpaired) electrons. The van der Waals surface area contributed by atoms with E-state index in [9.17, 15) is 0 Å². The van der Waals surface area contributed by atoms with E-state index in [1.54, 1.807) is 0 Å². The number of anilines is 5. The monoisotopic (exact) mass is 333 g/mol. The second kappa shape index (κ2) is 7.21. The lowest BCUT2D eigenvalue weighted by Crippen LogP contribution is -2.13. The maximum atomic E-state index is 4.60. The van der Waals surface area contributed by atoms with Gasteiger partial charge in [0, 0.05) is 31.5 Å². The van der Waals surface area contributed by atoms with Crippen LogP contribution in [0.15, 0.2) is 54.6 Å². The molecular weight excluding hydrogens is 310 g/mol. The lowest BCUT2D eigenvalue weighted by molar-refractivity contribution is 1.04. The van der Waals surface area contributed by atoms with Gasteiger partial charge in [-0.2, -0.15) is 9.97 Å². The minimum atomic E-state index is 0.560. The summed E-state index contributed by atoms with van der Waals surface area (Å²) in [6.45, 7) is 4.14. The fraction of sp³-hybridized carbons (Fsp3) is 0.200. The van der Waals surface area contributed by atoms with Crippen LogP contribution in [0.1, 0.15) is 11.1 Å². The van der Waals surface area contributed by atoms with Gasteiger partial charge in [0.15, 0.2) is 0 Å². The minimum absolute atomic E-state index is 0.560. The molecule has 3 aromatic rings. The van der Waals surface area contributed by atoms with Gasteiger partial charge < -0.3 is 15.5 Å².